The van der Waals surface area contributed by atoms with E-state index in [4.69, 9.17) is 4.52 Å². The fourth-order valence-corrected chi connectivity index (χ4v) is 3.66. The highest BCUT2D eigenvalue weighted by Crippen LogP contribution is 2.35. The number of aromatic nitrogens is 3. The summed E-state index contributed by atoms with van der Waals surface area (Å²) in [5, 5.41) is 5.98. The van der Waals surface area contributed by atoms with Gasteiger partial charge in [0.1, 0.15) is 0 Å². The molecule has 3 aromatic heterocycles. The van der Waals surface area contributed by atoms with Crippen LogP contribution in [0.15, 0.2) is 28.2 Å². The summed E-state index contributed by atoms with van der Waals surface area (Å²) in [7, 11) is 0. The Morgan fingerprint density at radius 1 is 1.40 bits per heavy atom. The number of rotatable bonds is 2. The molecule has 1 atom stereocenters. The van der Waals surface area contributed by atoms with E-state index in [1.165, 1.54) is 10.4 Å². The highest BCUT2D eigenvalue weighted by atomic mass is 32.1. The molecular formula is C14H14N4OS. The fraction of sp³-hybridized carbons (Fsp3) is 0.357. The van der Waals surface area contributed by atoms with Gasteiger partial charge in [0.15, 0.2) is 5.82 Å². The number of thiophene rings is 1. The molecule has 0 aliphatic carbocycles. The summed E-state index contributed by atoms with van der Waals surface area (Å²) in [6, 6.07) is 4.17. The maximum atomic E-state index is 5.31. The first-order chi connectivity index (χ1) is 9.81. The molecule has 1 saturated heterocycles. The zero-order valence-electron chi connectivity index (χ0n) is 11.1. The number of nitrogens with zero attached hydrogens (tertiary/aromatic N) is 4. The van der Waals surface area contributed by atoms with Crippen molar-refractivity contribution < 1.29 is 4.52 Å². The smallest absolute Gasteiger partial charge is 0.231 e. The minimum atomic E-state index is 0.333. The van der Waals surface area contributed by atoms with Crippen LogP contribution in [-0.2, 0) is 0 Å². The third-order valence-corrected chi connectivity index (χ3v) is 4.67. The first-order valence-corrected chi connectivity index (χ1v) is 7.56. The van der Waals surface area contributed by atoms with Gasteiger partial charge in [0, 0.05) is 19.3 Å². The van der Waals surface area contributed by atoms with Crippen molar-refractivity contribution in [3.05, 3.63) is 35.4 Å². The summed E-state index contributed by atoms with van der Waals surface area (Å²) in [5.74, 6) is 1.81. The second kappa shape index (κ2) is 4.56. The maximum absolute atomic E-state index is 5.31. The third kappa shape index (κ3) is 1.87. The molecule has 0 saturated carbocycles. The number of aryl methyl sites for hydroxylation is 1. The molecule has 0 spiro atoms. The second-order valence-electron chi connectivity index (χ2n) is 5.08. The minimum absolute atomic E-state index is 0.333. The molecule has 0 radical (unpaired) electrons. The van der Waals surface area contributed by atoms with E-state index in [1.54, 1.807) is 11.3 Å². The molecule has 1 aliphatic heterocycles. The molecule has 4 rings (SSSR count). The number of hydrogen-bond donors (Lipinski definition) is 0. The van der Waals surface area contributed by atoms with Gasteiger partial charge >= 0.3 is 0 Å². The van der Waals surface area contributed by atoms with E-state index >= 15 is 0 Å². The topological polar surface area (TPSA) is 55.1 Å². The van der Waals surface area contributed by atoms with Crippen LogP contribution in [0.5, 0.6) is 0 Å². The maximum Gasteiger partial charge on any atom is 0.231 e. The van der Waals surface area contributed by atoms with Crippen LogP contribution in [0, 0.1) is 6.92 Å². The Bertz CT molecular complexity index is 750. The Morgan fingerprint density at radius 3 is 3.20 bits per heavy atom. The molecule has 1 aliphatic rings. The Balaban J connectivity index is 1.63. The summed E-state index contributed by atoms with van der Waals surface area (Å²) < 4.78 is 6.57. The summed E-state index contributed by atoms with van der Waals surface area (Å²) in [6.45, 7) is 3.81. The van der Waals surface area contributed by atoms with Gasteiger partial charge in [0.25, 0.3) is 0 Å². The highest BCUT2D eigenvalue weighted by Gasteiger charge is 2.29. The average molecular weight is 286 g/mol. The predicted octanol–water partition coefficient (Wildman–Crippen LogP) is 2.98. The zero-order valence-corrected chi connectivity index (χ0v) is 11.9. The summed E-state index contributed by atoms with van der Waals surface area (Å²) in [5.41, 5.74) is 2.34. The molecule has 6 heteroatoms. The van der Waals surface area contributed by atoms with E-state index in [0.717, 1.165) is 30.9 Å². The lowest BCUT2D eigenvalue weighted by Gasteiger charge is -2.18. The largest absolute Gasteiger partial charge is 0.369 e. The van der Waals surface area contributed by atoms with Crippen LogP contribution >= 0.6 is 11.3 Å². The normalized spacial score (nSPS) is 19.1. The van der Waals surface area contributed by atoms with Crippen molar-refractivity contribution in [2.75, 3.05) is 18.0 Å². The van der Waals surface area contributed by atoms with Crippen molar-refractivity contribution in [3.63, 3.8) is 0 Å². The van der Waals surface area contributed by atoms with Crippen LogP contribution in [0.1, 0.15) is 24.1 Å². The Hall–Kier alpha value is -1.95. The van der Waals surface area contributed by atoms with E-state index < -0.39 is 0 Å². The zero-order chi connectivity index (χ0) is 13.5. The predicted molar refractivity (Wildman–Crippen MR) is 78.2 cm³/mol. The Labute approximate surface area is 120 Å². The SMILES string of the molecule is Cc1noc(C2CCN(c3ccnc4ccsc34)C2)n1. The molecule has 0 bridgehead atoms. The third-order valence-electron chi connectivity index (χ3n) is 3.74. The molecule has 0 amide bonds. The van der Waals surface area contributed by atoms with Gasteiger partial charge in [-0.25, -0.2) is 0 Å². The minimum Gasteiger partial charge on any atom is -0.369 e. The van der Waals surface area contributed by atoms with Gasteiger partial charge in [0.2, 0.25) is 5.89 Å². The van der Waals surface area contributed by atoms with Crippen molar-refractivity contribution in [3.8, 4) is 0 Å². The lowest BCUT2D eigenvalue weighted by atomic mass is 10.1. The first kappa shape index (κ1) is 11.8. The molecular weight excluding hydrogens is 272 g/mol. The van der Waals surface area contributed by atoms with E-state index in [1.807, 2.05) is 13.1 Å². The van der Waals surface area contributed by atoms with Gasteiger partial charge in [-0.2, -0.15) is 4.98 Å². The van der Waals surface area contributed by atoms with Crippen molar-refractivity contribution in [2.45, 2.75) is 19.3 Å². The summed E-state index contributed by atoms with van der Waals surface area (Å²) >= 11 is 1.75. The van der Waals surface area contributed by atoms with Gasteiger partial charge in [0.05, 0.1) is 21.8 Å². The van der Waals surface area contributed by atoms with Gasteiger partial charge in [-0.05, 0) is 30.9 Å². The standard InChI is InChI=1S/C14H14N4OS/c1-9-16-14(19-17-9)10-3-6-18(8-10)12-2-5-15-11-4-7-20-13(11)12/h2,4-5,7,10H,3,6,8H2,1H3. The van der Waals surface area contributed by atoms with Crippen molar-refractivity contribution in [2.24, 2.45) is 0 Å². The van der Waals surface area contributed by atoms with Gasteiger partial charge < -0.3 is 9.42 Å². The van der Waals surface area contributed by atoms with Crippen molar-refractivity contribution in [1.29, 1.82) is 0 Å². The van der Waals surface area contributed by atoms with E-state index in [9.17, 15) is 0 Å². The summed E-state index contributed by atoms with van der Waals surface area (Å²) in [4.78, 5) is 11.1. The number of fused-ring (bicyclic) bond motifs is 1. The van der Waals surface area contributed by atoms with Crippen LogP contribution < -0.4 is 4.90 Å². The Kier molecular flexibility index (Phi) is 2.70. The molecule has 4 heterocycles. The molecule has 20 heavy (non-hydrogen) atoms. The lowest BCUT2D eigenvalue weighted by Crippen LogP contribution is -2.19. The molecule has 0 aromatic carbocycles. The molecule has 3 aromatic rings. The van der Waals surface area contributed by atoms with Crippen molar-refractivity contribution in [1.82, 2.24) is 15.1 Å². The first-order valence-electron chi connectivity index (χ1n) is 6.68. The van der Waals surface area contributed by atoms with Gasteiger partial charge in [-0.3, -0.25) is 4.98 Å². The number of pyridine rings is 1. The van der Waals surface area contributed by atoms with Crippen LogP contribution in [0.25, 0.3) is 10.2 Å². The lowest BCUT2D eigenvalue weighted by molar-refractivity contribution is 0.356. The molecule has 0 N–H and O–H groups in total. The van der Waals surface area contributed by atoms with Gasteiger partial charge in [-0.1, -0.05) is 5.16 Å². The fourth-order valence-electron chi connectivity index (χ4n) is 2.77. The molecule has 1 fully saturated rings. The molecule has 5 nitrogen and oxygen atoms in total. The molecule has 102 valence electrons. The number of hydrogen-bond acceptors (Lipinski definition) is 6. The van der Waals surface area contributed by atoms with Crippen molar-refractivity contribution >= 4 is 27.2 Å². The van der Waals surface area contributed by atoms with E-state index in [2.05, 4.69) is 37.5 Å². The van der Waals surface area contributed by atoms with E-state index in [-0.39, 0.29) is 0 Å². The summed E-state index contributed by atoms with van der Waals surface area (Å²) in [6.07, 6.45) is 2.94. The molecule has 1 unspecified atom stereocenters. The second-order valence-corrected chi connectivity index (χ2v) is 5.99. The van der Waals surface area contributed by atoms with Crippen LogP contribution in [-0.4, -0.2) is 28.2 Å². The van der Waals surface area contributed by atoms with Gasteiger partial charge in [-0.15, -0.1) is 11.3 Å². The Morgan fingerprint density at radius 2 is 2.35 bits per heavy atom. The van der Waals surface area contributed by atoms with Crippen LogP contribution in [0.3, 0.4) is 0 Å². The number of anilines is 1. The highest BCUT2D eigenvalue weighted by molar-refractivity contribution is 7.17. The van der Waals surface area contributed by atoms with Crippen LogP contribution in [0.2, 0.25) is 0 Å². The van der Waals surface area contributed by atoms with Crippen LogP contribution in [0.4, 0.5) is 5.69 Å². The quantitative estimate of drug-likeness (QED) is 0.725. The average Bonchev–Trinajstić information content (AvgIpc) is 3.17. The monoisotopic (exact) mass is 286 g/mol. The van der Waals surface area contributed by atoms with E-state index in [0.29, 0.717) is 11.7 Å².